The number of ether oxygens (including phenoxy) is 2. The number of halogens is 1. The third-order valence-electron chi connectivity index (χ3n) is 2.94. The van der Waals surface area contributed by atoms with E-state index in [0.29, 0.717) is 29.2 Å². The number of nitro groups is 1. The van der Waals surface area contributed by atoms with E-state index in [1.807, 2.05) is 6.07 Å². The van der Waals surface area contributed by atoms with E-state index in [4.69, 9.17) is 26.3 Å². The van der Waals surface area contributed by atoms with Crippen LogP contribution in [0.4, 0.5) is 5.69 Å². The average molecular weight is 333 g/mol. The van der Waals surface area contributed by atoms with Crippen LogP contribution in [-0.4, -0.2) is 11.5 Å². The SMILES string of the molecule is CCOc1cc(C#N)cc(Cl)c1OCc1cccc([N+](=O)[O-])c1. The van der Waals surface area contributed by atoms with Crippen LogP contribution in [0.5, 0.6) is 11.5 Å². The lowest BCUT2D eigenvalue weighted by molar-refractivity contribution is -0.384. The van der Waals surface area contributed by atoms with Crippen LogP contribution in [0.25, 0.3) is 0 Å². The van der Waals surface area contributed by atoms with E-state index in [9.17, 15) is 10.1 Å². The summed E-state index contributed by atoms with van der Waals surface area (Å²) in [5.41, 5.74) is 0.977. The molecule has 0 unspecified atom stereocenters. The van der Waals surface area contributed by atoms with E-state index < -0.39 is 4.92 Å². The normalized spacial score (nSPS) is 9.96. The molecule has 7 heteroatoms. The molecule has 0 aromatic heterocycles. The standard InChI is InChI=1S/C16H13ClN2O4/c1-2-22-15-8-12(9-18)7-14(17)16(15)23-10-11-4-3-5-13(6-11)19(20)21/h3-8H,2,10H2,1H3. The first-order chi connectivity index (χ1) is 11.0. The lowest BCUT2D eigenvalue weighted by atomic mass is 10.2. The summed E-state index contributed by atoms with van der Waals surface area (Å²) < 4.78 is 11.1. The van der Waals surface area contributed by atoms with Crippen molar-refractivity contribution in [3.63, 3.8) is 0 Å². The van der Waals surface area contributed by atoms with Gasteiger partial charge in [0.25, 0.3) is 5.69 Å². The van der Waals surface area contributed by atoms with Crippen molar-refractivity contribution < 1.29 is 14.4 Å². The number of nitriles is 1. The Bertz CT molecular complexity index is 771. The average Bonchev–Trinajstić information content (AvgIpc) is 2.54. The maximum Gasteiger partial charge on any atom is 0.269 e. The van der Waals surface area contributed by atoms with E-state index in [1.165, 1.54) is 24.3 Å². The molecule has 2 aromatic carbocycles. The van der Waals surface area contributed by atoms with Gasteiger partial charge >= 0.3 is 0 Å². The van der Waals surface area contributed by atoms with Gasteiger partial charge in [-0.15, -0.1) is 0 Å². The van der Waals surface area contributed by atoms with Crippen LogP contribution in [0.2, 0.25) is 5.02 Å². The molecule has 0 bridgehead atoms. The van der Waals surface area contributed by atoms with E-state index in [-0.39, 0.29) is 17.3 Å². The van der Waals surface area contributed by atoms with E-state index in [2.05, 4.69) is 0 Å². The van der Waals surface area contributed by atoms with Gasteiger partial charge in [-0.05, 0) is 18.6 Å². The van der Waals surface area contributed by atoms with Crippen molar-refractivity contribution in [3.8, 4) is 17.6 Å². The maximum atomic E-state index is 10.8. The zero-order valence-corrected chi connectivity index (χ0v) is 13.0. The smallest absolute Gasteiger partial charge is 0.269 e. The van der Waals surface area contributed by atoms with Gasteiger partial charge in [-0.2, -0.15) is 5.26 Å². The van der Waals surface area contributed by atoms with Crippen molar-refractivity contribution in [1.82, 2.24) is 0 Å². The number of nitro benzene ring substituents is 1. The van der Waals surface area contributed by atoms with Gasteiger partial charge in [-0.3, -0.25) is 10.1 Å². The van der Waals surface area contributed by atoms with Gasteiger partial charge in [0.1, 0.15) is 6.61 Å². The first-order valence-electron chi connectivity index (χ1n) is 6.77. The molecule has 0 aliphatic carbocycles. The maximum absolute atomic E-state index is 10.8. The van der Waals surface area contributed by atoms with Crippen LogP contribution < -0.4 is 9.47 Å². The van der Waals surface area contributed by atoms with Crippen molar-refractivity contribution >= 4 is 17.3 Å². The third kappa shape index (κ3) is 4.11. The minimum absolute atomic E-state index is 0.0120. The molecular formula is C16H13ClN2O4. The zero-order valence-electron chi connectivity index (χ0n) is 12.3. The van der Waals surface area contributed by atoms with Gasteiger partial charge in [0.05, 0.1) is 28.2 Å². The highest BCUT2D eigenvalue weighted by Crippen LogP contribution is 2.37. The predicted molar refractivity (Wildman–Crippen MR) is 84.8 cm³/mol. The molecule has 0 spiro atoms. The lowest BCUT2D eigenvalue weighted by Crippen LogP contribution is -2.01. The predicted octanol–water partition coefficient (Wildman–Crippen LogP) is 4.10. The Morgan fingerprint density at radius 3 is 2.74 bits per heavy atom. The van der Waals surface area contributed by atoms with E-state index in [0.717, 1.165) is 0 Å². The molecule has 0 N–H and O–H groups in total. The second-order valence-electron chi connectivity index (χ2n) is 4.55. The highest BCUT2D eigenvalue weighted by atomic mass is 35.5. The van der Waals surface area contributed by atoms with Crippen LogP contribution in [-0.2, 0) is 6.61 Å². The monoisotopic (exact) mass is 332 g/mol. The van der Waals surface area contributed by atoms with Crippen molar-refractivity contribution in [1.29, 1.82) is 5.26 Å². The number of hydrogen-bond donors (Lipinski definition) is 0. The quantitative estimate of drug-likeness (QED) is 0.587. The summed E-state index contributed by atoms with van der Waals surface area (Å²) in [6, 6.07) is 11.1. The van der Waals surface area contributed by atoms with Crippen LogP contribution in [0, 0.1) is 21.4 Å². The molecule has 0 aliphatic heterocycles. The van der Waals surface area contributed by atoms with Gasteiger partial charge < -0.3 is 9.47 Å². The Morgan fingerprint density at radius 2 is 2.09 bits per heavy atom. The van der Waals surface area contributed by atoms with Gasteiger partial charge in [0.2, 0.25) is 0 Å². The van der Waals surface area contributed by atoms with Crippen molar-refractivity contribution in [2.75, 3.05) is 6.61 Å². The van der Waals surface area contributed by atoms with E-state index in [1.54, 1.807) is 19.1 Å². The molecule has 0 heterocycles. The minimum atomic E-state index is -0.468. The zero-order chi connectivity index (χ0) is 16.8. The third-order valence-corrected chi connectivity index (χ3v) is 3.22. The Balaban J connectivity index is 2.25. The molecule has 6 nitrogen and oxygen atoms in total. The summed E-state index contributed by atoms with van der Waals surface area (Å²) in [4.78, 5) is 10.3. The first kappa shape index (κ1) is 16.6. The Labute approximate surface area is 138 Å². The van der Waals surface area contributed by atoms with Crippen molar-refractivity contribution in [2.45, 2.75) is 13.5 Å². The Kier molecular flexibility index (Phi) is 5.39. The highest BCUT2D eigenvalue weighted by Gasteiger charge is 2.14. The molecular weight excluding hydrogens is 320 g/mol. The molecule has 23 heavy (non-hydrogen) atoms. The number of non-ortho nitro benzene ring substituents is 1. The van der Waals surface area contributed by atoms with Crippen LogP contribution in [0.3, 0.4) is 0 Å². The van der Waals surface area contributed by atoms with Crippen LogP contribution >= 0.6 is 11.6 Å². The fourth-order valence-electron chi connectivity index (χ4n) is 1.95. The molecule has 0 atom stereocenters. The van der Waals surface area contributed by atoms with Gasteiger partial charge in [0.15, 0.2) is 11.5 Å². The van der Waals surface area contributed by atoms with Gasteiger partial charge in [-0.1, -0.05) is 23.7 Å². The van der Waals surface area contributed by atoms with Crippen LogP contribution in [0.1, 0.15) is 18.1 Å². The number of benzene rings is 2. The molecule has 2 rings (SSSR count). The summed E-state index contributed by atoms with van der Waals surface area (Å²) >= 11 is 6.13. The van der Waals surface area contributed by atoms with E-state index >= 15 is 0 Å². The second kappa shape index (κ2) is 7.47. The molecule has 0 amide bonds. The Hall–Kier alpha value is -2.78. The molecule has 0 fully saturated rings. The first-order valence-corrected chi connectivity index (χ1v) is 7.15. The lowest BCUT2D eigenvalue weighted by Gasteiger charge is -2.14. The van der Waals surface area contributed by atoms with Crippen LogP contribution in [0.15, 0.2) is 36.4 Å². The Morgan fingerprint density at radius 1 is 1.30 bits per heavy atom. The number of hydrogen-bond acceptors (Lipinski definition) is 5. The second-order valence-corrected chi connectivity index (χ2v) is 4.95. The molecule has 0 radical (unpaired) electrons. The molecule has 0 aliphatic rings. The summed E-state index contributed by atoms with van der Waals surface area (Å²) in [6.07, 6.45) is 0. The molecule has 0 saturated carbocycles. The summed E-state index contributed by atoms with van der Waals surface area (Å²) in [5.74, 6) is 0.668. The topological polar surface area (TPSA) is 85.4 Å². The molecule has 2 aromatic rings. The number of nitrogens with zero attached hydrogens (tertiary/aromatic N) is 2. The van der Waals surface area contributed by atoms with Gasteiger partial charge in [-0.25, -0.2) is 0 Å². The van der Waals surface area contributed by atoms with Crippen molar-refractivity contribution in [3.05, 3.63) is 62.7 Å². The summed E-state index contributed by atoms with van der Waals surface area (Å²) in [5, 5.41) is 20.0. The minimum Gasteiger partial charge on any atom is -0.490 e. The largest absolute Gasteiger partial charge is 0.490 e. The van der Waals surface area contributed by atoms with Gasteiger partial charge in [0, 0.05) is 18.2 Å². The molecule has 118 valence electrons. The summed E-state index contributed by atoms with van der Waals surface area (Å²) in [6.45, 7) is 2.28. The number of rotatable bonds is 6. The summed E-state index contributed by atoms with van der Waals surface area (Å²) in [7, 11) is 0. The highest BCUT2D eigenvalue weighted by molar-refractivity contribution is 6.32. The fourth-order valence-corrected chi connectivity index (χ4v) is 2.22. The molecule has 0 saturated heterocycles. The fraction of sp³-hybridized carbons (Fsp3) is 0.188. The van der Waals surface area contributed by atoms with Crippen molar-refractivity contribution in [2.24, 2.45) is 0 Å².